The van der Waals surface area contributed by atoms with Crippen LogP contribution < -0.4 is 0 Å². The van der Waals surface area contributed by atoms with Gasteiger partial charge in [0.1, 0.15) is 6.73 Å². The fourth-order valence-corrected chi connectivity index (χ4v) is 1.09. The van der Waals surface area contributed by atoms with Crippen LogP contribution in [0.25, 0.3) is 0 Å². The average molecular weight is 198 g/mol. The number of aliphatic imine (C=N–C) groups is 2. The van der Waals surface area contributed by atoms with Crippen molar-refractivity contribution in [2.75, 3.05) is 13.3 Å². The van der Waals surface area contributed by atoms with Gasteiger partial charge in [0, 0.05) is 12.4 Å². The van der Waals surface area contributed by atoms with E-state index >= 15 is 0 Å². The van der Waals surface area contributed by atoms with Crippen LogP contribution in [0.5, 0.6) is 0 Å². The van der Waals surface area contributed by atoms with E-state index in [4.69, 9.17) is 9.47 Å². The third kappa shape index (κ3) is 3.98. The fraction of sp³-hybridized carbons (Fsp3) is 0.800. The molecule has 4 heteroatoms. The molecule has 0 amide bonds. The molecule has 2 atom stereocenters. The predicted molar refractivity (Wildman–Crippen MR) is 57.0 cm³/mol. The summed E-state index contributed by atoms with van der Waals surface area (Å²) in [5.41, 5.74) is 0. The van der Waals surface area contributed by atoms with Crippen LogP contribution in [0.2, 0.25) is 0 Å². The number of rotatable bonds is 1. The monoisotopic (exact) mass is 198 g/mol. The van der Waals surface area contributed by atoms with E-state index < -0.39 is 0 Å². The zero-order valence-corrected chi connectivity index (χ0v) is 9.01. The van der Waals surface area contributed by atoms with Crippen molar-refractivity contribution < 1.29 is 9.47 Å². The van der Waals surface area contributed by atoms with Crippen LogP contribution >= 0.6 is 0 Å². The highest BCUT2D eigenvalue weighted by Crippen LogP contribution is 2.14. The summed E-state index contributed by atoms with van der Waals surface area (Å²) < 4.78 is 10.1. The number of hydrogen-bond donors (Lipinski definition) is 0. The van der Waals surface area contributed by atoms with Gasteiger partial charge in [-0.25, -0.2) is 0 Å². The van der Waals surface area contributed by atoms with Crippen molar-refractivity contribution in [3.63, 3.8) is 0 Å². The Hall–Kier alpha value is -0.740. The molecule has 2 aliphatic rings. The topological polar surface area (TPSA) is 43.2 Å². The van der Waals surface area contributed by atoms with E-state index in [-0.39, 0.29) is 12.3 Å². The molecule has 2 unspecified atom stereocenters. The first-order valence-electron chi connectivity index (χ1n) is 4.95. The van der Waals surface area contributed by atoms with Gasteiger partial charge in [0.15, 0.2) is 6.23 Å². The van der Waals surface area contributed by atoms with Gasteiger partial charge in [-0.2, -0.15) is 0 Å². The second-order valence-corrected chi connectivity index (χ2v) is 3.64. The van der Waals surface area contributed by atoms with Crippen molar-refractivity contribution >= 4 is 12.4 Å². The van der Waals surface area contributed by atoms with E-state index in [9.17, 15) is 0 Å². The molecule has 0 radical (unpaired) electrons. The molecule has 2 aliphatic heterocycles. The maximum atomic E-state index is 5.40. The molecule has 0 saturated heterocycles. The van der Waals surface area contributed by atoms with Crippen molar-refractivity contribution in [2.45, 2.75) is 33.1 Å². The van der Waals surface area contributed by atoms with E-state index in [0.717, 1.165) is 0 Å². The molecule has 80 valence electrons. The van der Waals surface area contributed by atoms with Crippen LogP contribution in [-0.4, -0.2) is 38.1 Å². The van der Waals surface area contributed by atoms with E-state index in [1.807, 2.05) is 13.1 Å². The summed E-state index contributed by atoms with van der Waals surface area (Å²) in [5.74, 6) is 0.506. The molecule has 0 fully saturated rings. The van der Waals surface area contributed by atoms with Crippen molar-refractivity contribution in [2.24, 2.45) is 15.9 Å². The van der Waals surface area contributed by atoms with Gasteiger partial charge in [-0.3, -0.25) is 9.98 Å². The zero-order valence-electron chi connectivity index (χ0n) is 9.01. The van der Waals surface area contributed by atoms with Gasteiger partial charge >= 0.3 is 0 Å². The molecule has 2 rings (SSSR count). The minimum Gasteiger partial charge on any atom is -0.354 e. The summed E-state index contributed by atoms with van der Waals surface area (Å²) in [5, 5.41) is 0. The molecule has 0 aromatic carbocycles. The second kappa shape index (κ2) is 5.88. The van der Waals surface area contributed by atoms with Crippen LogP contribution in [0.3, 0.4) is 0 Å². The standard InChI is InChI=1S/C7H13NO.C3H5NO/c1-5(2)7-8-4-6(3)9-7;1-2-5-3-4-1/h4-7H,1-3H3;1H,2-3H2. The Kier molecular flexibility index (Phi) is 4.76. The average Bonchev–Trinajstić information content (AvgIpc) is 2.74. The Labute approximate surface area is 85.0 Å². The first kappa shape index (κ1) is 11.3. The first-order chi connectivity index (χ1) is 6.70. The van der Waals surface area contributed by atoms with Gasteiger partial charge < -0.3 is 9.47 Å². The third-order valence-electron chi connectivity index (χ3n) is 1.85. The molecule has 0 spiro atoms. The quantitative estimate of drug-likeness (QED) is 0.641. The Balaban J connectivity index is 0.000000165. The summed E-state index contributed by atoms with van der Waals surface area (Å²) in [7, 11) is 0. The lowest BCUT2D eigenvalue weighted by Gasteiger charge is -2.11. The molecular weight excluding hydrogens is 180 g/mol. The lowest BCUT2D eigenvalue weighted by atomic mass is 10.2. The number of nitrogens with zero attached hydrogens (tertiary/aromatic N) is 2. The highest BCUT2D eigenvalue weighted by atomic mass is 16.5. The molecule has 0 aromatic heterocycles. The Morgan fingerprint density at radius 3 is 2.43 bits per heavy atom. The maximum Gasteiger partial charge on any atom is 0.151 e. The molecular formula is C10H18N2O2. The van der Waals surface area contributed by atoms with Crippen LogP contribution in [-0.2, 0) is 9.47 Å². The third-order valence-corrected chi connectivity index (χ3v) is 1.85. The van der Waals surface area contributed by atoms with Crippen molar-refractivity contribution in [3.8, 4) is 0 Å². The van der Waals surface area contributed by atoms with E-state index in [0.29, 0.717) is 19.3 Å². The van der Waals surface area contributed by atoms with E-state index in [2.05, 4.69) is 23.8 Å². The Bertz CT molecular complexity index is 208. The summed E-state index contributed by atoms with van der Waals surface area (Å²) >= 11 is 0. The molecule has 2 heterocycles. The van der Waals surface area contributed by atoms with Crippen molar-refractivity contribution in [1.82, 2.24) is 0 Å². The molecule has 4 nitrogen and oxygen atoms in total. The fourth-order valence-electron chi connectivity index (χ4n) is 1.09. The largest absolute Gasteiger partial charge is 0.354 e. The SMILES string of the molecule is C1=NCOC1.CC1C=NC(C(C)C)O1. The molecule has 0 N–H and O–H groups in total. The zero-order chi connectivity index (χ0) is 10.4. The van der Waals surface area contributed by atoms with Crippen LogP contribution in [0.1, 0.15) is 20.8 Å². The maximum absolute atomic E-state index is 5.40. The van der Waals surface area contributed by atoms with Crippen LogP contribution in [0.15, 0.2) is 9.98 Å². The Morgan fingerprint density at radius 2 is 2.21 bits per heavy atom. The normalized spacial score (nSPS) is 29.4. The molecule has 14 heavy (non-hydrogen) atoms. The van der Waals surface area contributed by atoms with Crippen molar-refractivity contribution in [1.29, 1.82) is 0 Å². The van der Waals surface area contributed by atoms with Gasteiger partial charge in [0.25, 0.3) is 0 Å². The number of ether oxygens (including phenoxy) is 2. The first-order valence-corrected chi connectivity index (χ1v) is 4.95. The molecule has 0 aliphatic carbocycles. The highest BCUT2D eigenvalue weighted by molar-refractivity contribution is 5.64. The minimum atomic E-state index is 0.111. The van der Waals surface area contributed by atoms with Gasteiger partial charge in [0.05, 0.1) is 12.7 Å². The van der Waals surface area contributed by atoms with Gasteiger partial charge in [-0.1, -0.05) is 13.8 Å². The Morgan fingerprint density at radius 1 is 1.43 bits per heavy atom. The molecule has 0 saturated carbocycles. The van der Waals surface area contributed by atoms with Crippen molar-refractivity contribution in [3.05, 3.63) is 0 Å². The summed E-state index contributed by atoms with van der Waals surface area (Å²) in [6.07, 6.45) is 3.96. The highest BCUT2D eigenvalue weighted by Gasteiger charge is 2.19. The molecule has 0 aromatic rings. The number of hydrogen-bond acceptors (Lipinski definition) is 4. The van der Waals surface area contributed by atoms with Crippen LogP contribution in [0.4, 0.5) is 0 Å². The lowest BCUT2D eigenvalue weighted by Crippen LogP contribution is -2.15. The van der Waals surface area contributed by atoms with Gasteiger partial charge in [-0.15, -0.1) is 0 Å². The van der Waals surface area contributed by atoms with Gasteiger partial charge in [0.2, 0.25) is 0 Å². The lowest BCUT2D eigenvalue weighted by molar-refractivity contribution is 0.0312. The van der Waals surface area contributed by atoms with E-state index in [1.54, 1.807) is 6.21 Å². The molecule has 0 bridgehead atoms. The summed E-state index contributed by atoms with van der Waals surface area (Å²) in [6.45, 7) is 7.51. The van der Waals surface area contributed by atoms with Crippen LogP contribution in [0, 0.1) is 5.92 Å². The van der Waals surface area contributed by atoms with Gasteiger partial charge in [-0.05, 0) is 12.8 Å². The smallest absolute Gasteiger partial charge is 0.151 e. The van der Waals surface area contributed by atoms with E-state index in [1.165, 1.54) is 0 Å². The second-order valence-electron chi connectivity index (χ2n) is 3.64. The summed E-state index contributed by atoms with van der Waals surface area (Å²) in [4.78, 5) is 7.91. The summed E-state index contributed by atoms with van der Waals surface area (Å²) in [6, 6.07) is 0. The minimum absolute atomic E-state index is 0.111. The predicted octanol–water partition coefficient (Wildman–Crippen LogP) is 1.50.